The molecule has 4 heteroatoms. The van der Waals surface area contributed by atoms with Crippen LogP contribution in [0.2, 0.25) is 0 Å². The van der Waals surface area contributed by atoms with Gasteiger partial charge < -0.3 is 10.2 Å². The van der Waals surface area contributed by atoms with Gasteiger partial charge in [0.05, 0.1) is 0 Å². The number of carbonyl (C=O) groups is 1. The van der Waals surface area contributed by atoms with E-state index in [4.69, 9.17) is 0 Å². The number of aryl methyl sites for hydroxylation is 3. The Hall–Kier alpha value is -2.33. The van der Waals surface area contributed by atoms with Gasteiger partial charge in [0.2, 0.25) is 0 Å². The minimum atomic E-state index is 0.00735. The van der Waals surface area contributed by atoms with Gasteiger partial charge in [-0.15, -0.1) is 0 Å². The maximum absolute atomic E-state index is 12.6. The molecule has 0 radical (unpaired) electrons. The monoisotopic (exact) mass is 337 g/mol. The molecule has 1 N–H and O–H groups in total. The van der Waals surface area contributed by atoms with E-state index in [-0.39, 0.29) is 6.03 Å². The van der Waals surface area contributed by atoms with Crippen molar-refractivity contribution in [3.05, 3.63) is 64.7 Å². The van der Waals surface area contributed by atoms with Gasteiger partial charge in [0.25, 0.3) is 0 Å². The highest BCUT2D eigenvalue weighted by molar-refractivity contribution is 5.91. The van der Waals surface area contributed by atoms with Crippen LogP contribution in [0.4, 0.5) is 10.5 Å². The fourth-order valence-electron chi connectivity index (χ4n) is 3.34. The molecule has 0 saturated carbocycles. The van der Waals surface area contributed by atoms with Crippen molar-refractivity contribution in [2.45, 2.75) is 27.3 Å². The van der Waals surface area contributed by atoms with Crippen molar-refractivity contribution in [1.29, 1.82) is 0 Å². The molecule has 0 atom stereocenters. The second-order valence-electron chi connectivity index (χ2n) is 6.89. The predicted molar refractivity (Wildman–Crippen MR) is 103 cm³/mol. The van der Waals surface area contributed by atoms with E-state index in [1.807, 2.05) is 36.9 Å². The molecule has 3 rings (SSSR count). The Kier molecular flexibility index (Phi) is 5.39. The van der Waals surface area contributed by atoms with Gasteiger partial charge >= 0.3 is 6.03 Å². The maximum atomic E-state index is 12.6. The van der Waals surface area contributed by atoms with Gasteiger partial charge in [-0.3, -0.25) is 4.90 Å². The lowest BCUT2D eigenvalue weighted by molar-refractivity contribution is 0.143. The molecular formula is C21H27N3O. The van der Waals surface area contributed by atoms with Crippen molar-refractivity contribution < 1.29 is 4.79 Å². The minimum Gasteiger partial charge on any atom is -0.322 e. The molecule has 1 heterocycles. The Morgan fingerprint density at radius 3 is 2.12 bits per heavy atom. The lowest BCUT2D eigenvalue weighted by Crippen LogP contribution is -2.49. The molecule has 2 aromatic carbocycles. The first-order chi connectivity index (χ1) is 12.0. The van der Waals surface area contributed by atoms with Gasteiger partial charge in [-0.2, -0.15) is 0 Å². The van der Waals surface area contributed by atoms with Crippen LogP contribution < -0.4 is 5.32 Å². The number of anilines is 1. The van der Waals surface area contributed by atoms with Crippen molar-refractivity contribution in [1.82, 2.24) is 9.80 Å². The van der Waals surface area contributed by atoms with E-state index in [9.17, 15) is 4.79 Å². The Morgan fingerprint density at radius 2 is 1.48 bits per heavy atom. The first-order valence-corrected chi connectivity index (χ1v) is 8.93. The molecule has 25 heavy (non-hydrogen) atoms. The molecule has 1 aliphatic rings. The van der Waals surface area contributed by atoms with Crippen LogP contribution in [0.25, 0.3) is 0 Å². The van der Waals surface area contributed by atoms with E-state index in [0.29, 0.717) is 0 Å². The largest absolute Gasteiger partial charge is 0.322 e. The first kappa shape index (κ1) is 17.5. The molecule has 2 aromatic rings. The van der Waals surface area contributed by atoms with Gasteiger partial charge in [-0.1, -0.05) is 42.5 Å². The Labute approximate surface area is 150 Å². The maximum Gasteiger partial charge on any atom is 0.321 e. The third kappa shape index (κ3) is 4.20. The highest BCUT2D eigenvalue weighted by atomic mass is 16.2. The number of benzene rings is 2. The Morgan fingerprint density at radius 1 is 0.880 bits per heavy atom. The zero-order valence-electron chi connectivity index (χ0n) is 15.4. The summed E-state index contributed by atoms with van der Waals surface area (Å²) in [6.45, 7) is 10.5. The average molecular weight is 337 g/mol. The zero-order valence-corrected chi connectivity index (χ0v) is 15.4. The number of hydrogen-bond acceptors (Lipinski definition) is 2. The SMILES string of the molecule is Cc1ccccc1CN1CCN(C(=O)Nc2c(C)cccc2C)CC1. The van der Waals surface area contributed by atoms with Crippen LogP contribution in [-0.2, 0) is 6.54 Å². The molecule has 132 valence electrons. The van der Waals surface area contributed by atoms with Crippen molar-refractivity contribution in [3.63, 3.8) is 0 Å². The quantitative estimate of drug-likeness (QED) is 0.920. The van der Waals surface area contributed by atoms with Crippen molar-refractivity contribution in [2.75, 3.05) is 31.5 Å². The van der Waals surface area contributed by atoms with E-state index in [1.165, 1.54) is 11.1 Å². The van der Waals surface area contributed by atoms with E-state index in [1.54, 1.807) is 0 Å². The summed E-state index contributed by atoms with van der Waals surface area (Å²) in [5.74, 6) is 0. The number of para-hydroxylation sites is 1. The normalized spacial score (nSPS) is 15.2. The van der Waals surface area contributed by atoms with Gasteiger partial charge in [-0.05, 0) is 43.0 Å². The van der Waals surface area contributed by atoms with Crippen LogP contribution in [-0.4, -0.2) is 42.0 Å². The van der Waals surface area contributed by atoms with Crippen LogP contribution >= 0.6 is 0 Å². The highest BCUT2D eigenvalue weighted by Gasteiger charge is 2.22. The highest BCUT2D eigenvalue weighted by Crippen LogP contribution is 2.20. The molecule has 1 fully saturated rings. The molecule has 0 aromatic heterocycles. The number of nitrogens with zero attached hydrogens (tertiary/aromatic N) is 2. The number of rotatable bonds is 3. The third-order valence-electron chi connectivity index (χ3n) is 5.03. The van der Waals surface area contributed by atoms with Crippen molar-refractivity contribution >= 4 is 11.7 Å². The van der Waals surface area contributed by atoms with Crippen LogP contribution in [0, 0.1) is 20.8 Å². The molecule has 0 unspecified atom stereocenters. The van der Waals surface area contributed by atoms with Gasteiger partial charge in [0, 0.05) is 38.4 Å². The third-order valence-corrected chi connectivity index (χ3v) is 5.03. The Balaban J connectivity index is 1.55. The lowest BCUT2D eigenvalue weighted by Gasteiger charge is -2.35. The minimum absolute atomic E-state index is 0.00735. The summed E-state index contributed by atoms with van der Waals surface area (Å²) in [4.78, 5) is 16.9. The smallest absolute Gasteiger partial charge is 0.321 e. The molecule has 0 bridgehead atoms. The number of hydrogen-bond donors (Lipinski definition) is 1. The van der Waals surface area contributed by atoms with E-state index < -0.39 is 0 Å². The summed E-state index contributed by atoms with van der Waals surface area (Å²) in [7, 11) is 0. The first-order valence-electron chi connectivity index (χ1n) is 8.93. The summed E-state index contributed by atoms with van der Waals surface area (Å²) in [6, 6.07) is 14.6. The van der Waals surface area contributed by atoms with E-state index in [0.717, 1.165) is 49.5 Å². The van der Waals surface area contributed by atoms with Crippen LogP contribution in [0.15, 0.2) is 42.5 Å². The number of piperazine rings is 1. The molecular weight excluding hydrogens is 310 g/mol. The summed E-state index contributed by atoms with van der Waals surface area (Å²) >= 11 is 0. The fourth-order valence-corrected chi connectivity index (χ4v) is 3.34. The summed E-state index contributed by atoms with van der Waals surface area (Å²) in [5, 5.41) is 3.09. The van der Waals surface area contributed by atoms with Crippen LogP contribution in [0.5, 0.6) is 0 Å². The average Bonchev–Trinajstić information content (AvgIpc) is 2.61. The summed E-state index contributed by atoms with van der Waals surface area (Å²) < 4.78 is 0. The van der Waals surface area contributed by atoms with Crippen LogP contribution in [0.3, 0.4) is 0 Å². The second-order valence-corrected chi connectivity index (χ2v) is 6.89. The lowest BCUT2D eigenvalue weighted by atomic mass is 10.1. The molecule has 1 saturated heterocycles. The molecule has 0 aliphatic carbocycles. The fraction of sp³-hybridized carbons (Fsp3) is 0.381. The molecule has 0 spiro atoms. The van der Waals surface area contributed by atoms with Crippen LogP contribution in [0.1, 0.15) is 22.3 Å². The second kappa shape index (κ2) is 7.70. The molecule has 4 nitrogen and oxygen atoms in total. The molecule has 2 amide bonds. The summed E-state index contributed by atoms with van der Waals surface area (Å²) in [5.41, 5.74) is 5.85. The van der Waals surface area contributed by atoms with Crippen molar-refractivity contribution in [2.24, 2.45) is 0 Å². The van der Waals surface area contributed by atoms with Gasteiger partial charge in [0.15, 0.2) is 0 Å². The standard InChI is InChI=1S/C21H27N3O/c1-16-7-4-5-10-19(16)15-23-11-13-24(14-12-23)21(25)22-20-17(2)8-6-9-18(20)3/h4-10H,11-15H2,1-3H3,(H,22,25). The number of carbonyl (C=O) groups excluding carboxylic acids is 1. The number of amides is 2. The zero-order chi connectivity index (χ0) is 17.8. The predicted octanol–water partition coefficient (Wildman–Crippen LogP) is 3.96. The Bertz CT molecular complexity index is 728. The number of nitrogens with one attached hydrogen (secondary N) is 1. The summed E-state index contributed by atoms with van der Waals surface area (Å²) in [6.07, 6.45) is 0. The number of urea groups is 1. The van der Waals surface area contributed by atoms with Crippen molar-refractivity contribution in [3.8, 4) is 0 Å². The van der Waals surface area contributed by atoms with E-state index >= 15 is 0 Å². The topological polar surface area (TPSA) is 35.6 Å². The molecule has 1 aliphatic heterocycles. The van der Waals surface area contributed by atoms with Gasteiger partial charge in [0.1, 0.15) is 0 Å². The van der Waals surface area contributed by atoms with E-state index in [2.05, 4.69) is 41.4 Å². The van der Waals surface area contributed by atoms with Gasteiger partial charge in [-0.25, -0.2) is 4.79 Å².